The Kier molecular flexibility index (Phi) is 3.23. The summed E-state index contributed by atoms with van der Waals surface area (Å²) >= 11 is 0. The lowest BCUT2D eigenvalue weighted by Crippen LogP contribution is -2.60. The molecule has 0 spiro atoms. The van der Waals surface area contributed by atoms with E-state index < -0.39 is 0 Å². The van der Waals surface area contributed by atoms with Gasteiger partial charge in [0.25, 0.3) is 0 Å². The Morgan fingerprint density at radius 3 is 2.60 bits per heavy atom. The van der Waals surface area contributed by atoms with Gasteiger partial charge in [-0.2, -0.15) is 0 Å². The van der Waals surface area contributed by atoms with E-state index in [1.54, 1.807) is 7.11 Å². The molecular weight excluding hydrogens is 254 g/mol. The van der Waals surface area contributed by atoms with Crippen molar-refractivity contribution in [2.75, 3.05) is 20.3 Å². The Hall–Kier alpha value is -1.85. The van der Waals surface area contributed by atoms with Gasteiger partial charge in [-0.3, -0.25) is 0 Å². The van der Waals surface area contributed by atoms with E-state index in [9.17, 15) is 0 Å². The fraction of sp³-hybridized carbons (Fsp3) is 0.400. The van der Waals surface area contributed by atoms with E-state index in [1.165, 1.54) is 0 Å². The fourth-order valence-corrected chi connectivity index (χ4v) is 2.33. The average molecular weight is 273 g/mol. The summed E-state index contributed by atoms with van der Waals surface area (Å²) in [6.07, 6.45) is 1.84. The SMILES string of the molecule is COc1ccc(-c2cnc([C@@H](C)C3(N)COC3)[nH]2)cc1. The van der Waals surface area contributed by atoms with Crippen LogP contribution in [0.25, 0.3) is 11.3 Å². The molecule has 1 fully saturated rings. The summed E-state index contributed by atoms with van der Waals surface area (Å²) in [7, 11) is 1.66. The van der Waals surface area contributed by atoms with Gasteiger partial charge in [0.2, 0.25) is 0 Å². The zero-order valence-electron chi connectivity index (χ0n) is 11.7. The van der Waals surface area contributed by atoms with Crippen LogP contribution in [-0.2, 0) is 4.74 Å². The second kappa shape index (κ2) is 4.92. The van der Waals surface area contributed by atoms with E-state index in [-0.39, 0.29) is 11.5 Å². The van der Waals surface area contributed by atoms with Crippen molar-refractivity contribution < 1.29 is 9.47 Å². The number of rotatable bonds is 4. The maximum atomic E-state index is 6.26. The Morgan fingerprint density at radius 1 is 1.35 bits per heavy atom. The van der Waals surface area contributed by atoms with Gasteiger partial charge in [-0.25, -0.2) is 4.98 Å². The molecule has 5 heteroatoms. The Balaban J connectivity index is 1.82. The Labute approximate surface area is 118 Å². The number of hydrogen-bond donors (Lipinski definition) is 2. The van der Waals surface area contributed by atoms with Crippen molar-refractivity contribution in [3.8, 4) is 17.0 Å². The molecule has 1 saturated heterocycles. The molecule has 0 amide bonds. The van der Waals surface area contributed by atoms with Crippen molar-refractivity contribution in [3.63, 3.8) is 0 Å². The molecule has 1 aromatic heterocycles. The molecule has 0 radical (unpaired) electrons. The summed E-state index contributed by atoms with van der Waals surface area (Å²) in [5.74, 6) is 1.89. The normalized spacial score (nSPS) is 18.4. The quantitative estimate of drug-likeness (QED) is 0.892. The maximum absolute atomic E-state index is 6.26. The number of benzene rings is 1. The lowest BCUT2D eigenvalue weighted by molar-refractivity contribution is -0.0655. The number of nitrogens with zero attached hydrogens (tertiary/aromatic N) is 1. The molecule has 2 aromatic rings. The monoisotopic (exact) mass is 273 g/mol. The van der Waals surface area contributed by atoms with Gasteiger partial charge in [-0.1, -0.05) is 6.92 Å². The summed E-state index contributed by atoms with van der Waals surface area (Å²) < 4.78 is 10.4. The molecule has 106 valence electrons. The number of H-pyrrole nitrogens is 1. The smallest absolute Gasteiger partial charge is 0.118 e. The summed E-state index contributed by atoms with van der Waals surface area (Å²) in [5, 5.41) is 0. The van der Waals surface area contributed by atoms with Crippen LogP contribution in [0, 0.1) is 0 Å². The van der Waals surface area contributed by atoms with Crippen molar-refractivity contribution in [2.45, 2.75) is 18.4 Å². The molecule has 3 N–H and O–H groups in total. The Bertz CT molecular complexity index is 587. The first-order valence-corrected chi connectivity index (χ1v) is 6.68. The third-order valence-electron chi connectivity index (χ3n) is 4.01. The summed E-state index contributed by atoms with van der Waals surface area (Å²) in [6, 6.07) is 7.88. The van der Waals surface area contributed by atoms with Crippen LogP contribution in [0.4, 0.5) is 0 Å². The van der Waals surface area contributed by atoms with Crippen LogP contribution in [0.2, 0.25) is 0 Å². The molecule has 2 heterocycles. The number of nitrogens with two attached hydrogens (primary N) is 1. The molecule has 5 nitrogen and oxygen atoms in total. The number of aromatic amines is 1. The van der Waals surface area contributed by atoms with Crippen LogP contribution in [-0.4, -0.2) is 35.8 Å². The zero-order valence-corrected chi connectivity index (χ0v) is 11.7. The minimum Gasteiger partial charge on any atom is -0.497 e. The molecule has 20 heavy (non-hydrogen) atoms. The highest BCUT2D eigenvalue weighted by Crippen LogP contribution is 2.31. The van der Waals surface area contributed by atoms with Gasteiger partial charge in [0.15, 0.2) is 0 Å². The number of hydrogen-bond acceptors (Lipinski definition) is 4. The van der Waals surface area contributed by atoms with Gasteiger partial charge in [0, 0.05) is 5.92 Å². The van der Waals surface area contributed by atoms with Gasteiger partial charge >= 0.3 is 0 Å². The third kappa shape index (κ3) is 2.19. The first-order chi connectivity index (χ1) is 9.62. The van der Waals surface area contributed by atoms with E-state index in [0.29, 0.717) is 13.2 Å². The highest BCUT2D eigenvalue weighted by atomic mass is 16.5. The van der Waals surface area contributed by atoms with E-state index >= 15 is 0 Å². The molecule has 1 aromatic carbocycles. The highest BCUT2D eigenvalue weighted by Gasteiger charge is 2.41. The topological polar surface area (TPSA) is 73.2 Å². The second-order valence-electron chi connectivity index (χ2n) is 5.36. The summed E-state index contributed by atoms with van der Waals surface area (Å²) in [6.45, 7) is 3.26. The lowest BCUT2D eigenvalue weighted by Gasteiger charge is -2.41. The number of ether oxygens (including phenoxy) is 2. The maximum Gasteiger partial charge on any atom is 0.118 e. The van der Waals surface area contributed by atoms with Crippen LogP contribution in [0.3, 0.4) is 0 Å². The van der Waals surface area contributed by atoms with E-state index in [2.05, 4.69) is 16.9 Å². The van der Waals surface area contributed by atoms with Crippen LogP contribution in [0.15, 0.2) is 30.5 Å². The molecular formula is C15H19N3O2. The van der Waals surface area contributed by atoms with Crippen LogP contribution in [0.5, 0.6) is 5.75 Å². The van der Waals surface area contributed by atoms with Crippen LogP contribution in [0.1, 0.15) is 18.7 Å². The van der Waals surface area contributed by atoms with Gasteiger partial charge in [-0.05, 0) is 29.8 Å². The van der Waals surface area contributed by atoms with Crippen molar-refractivity contribution in [1.29, 1.82) is 0 Å². The summed E-state index contributed by atoms with van der Waals surface area (Å²) in [4.78, 5) is 7.81. The van der Waals surface area contributed by atoms with Gasteiger partial charge in [0.05, 0.1) is 37.8 Å². The molecule has 1 atom stereocenters. The molecule has 0 saturated carbocycles. The molecule has 0 bridgehead atoms. The Morgan fingerprint density at radius 2 is 2.05 bits per heavy atom. The number of aromatic nitrogens is 2. The fourth-order valence-electron chi connectivity index (χ4n) is 2.33. The standard InChI is InChI=1S/C15H19N3O2/c1-10(15(16)8-20-9-15)14-17-7-13(18-14)11-3-5-12(19-2)6-4-11/h3-7,10H,8-9,16H2,1-2H3,(H,17,18)/t10-/m1/s1. The van der Waals surface area contributed by atoms with Crippen LogP contribution >= 0.6 is 0 Å². The average Bonchev–Trinajstić information content (AvgIpc) is 2.93. The number of imidazole rings is 1. The molecule has 1 aliphatic heterocycles. The van der Waals surface area contributed by atoms with E-state index in [0.717, 1.165) is 22.8 Å². The van der Waals surface area contributed by atoms with E-state index in [1.807, 2.05) is 30.5 Å². The third-order valence-corrected chi connectivity index (χ3v) is 4.01. The van der Waals surface area contributed by atoms with Crippen LogP contribution < -0.4 is 10.5 Å². The predicted molar refractivity (Wildman–Crippen MR) is 76.7 cm³/mol. The van der Waals surface area contributed by atoms with Crippen molar-refractivity contribution >= 4 is 0 Å². The molecule has 3 rings (SSSR count). The van der Waals surface area contributed by atoms with E-state index in [4.69, 9.17) is 15.2 Å². The lowest BCUT2D eigenvalue weighted by atomic mass is 9.84. The number of methoxy groups -OCH3 is 1. The van der Waals surface area contributed by atoms with Gasteiger partial charge in [0.1, 0.15) is 11.6 Å². The van der Waals surface area contributed by atoms with Crippen molar-refractivity contribution in [1.82, 2.24) is 9.97 Å². The predicted octanol–water partition coefficient (Wildman–Crippen LogP) is 1.92. The molecule has 0 unspecified atom stereocenters. The largest absolute Gasteiger partial charge is 0.497 e. The van der Waals surface area contributed by atoms with Gasteiger partial charge < -0.3 is 20.2 Å². The first-order valence-electron chi connectivity index (χ1n) is 6.68. The molecule has 1 aliphatic rings. The highest BCUT2D eigenvalue weighted by molar-refractivity contribution is 5.59. The van der Waals surface area contributed by atoms with Crippen molar-refractivity contribution in [3.05, 3.63) is 36.3 Å². The number of nitrogens with one attached hydrogen (secondary N) is 1. The van der Waals surface area contributed by atoms with Gasteiger partial charge in [-0.15, -0.1) is 0 Å². The minimum atomic E-state index is -0.297. The molecule has 0 aliphatic carbocycles. The zero-order chi connectivity index (χ0) is 14.2. The first kappa shape index (κ1) is 13.1. The minimum absolute atomic E-state index is 0.142. The van der Waals surface area contributed by atoms with Crippen molar-refractivity contribution in [2.24, 2.45) is 5.73 Å². The second-order valence-corrected chi connectivity index (χ2v) is 5.36. The summed E-state index contributed by atoms with van der Waals surface area (Å²) in [5.41, 5.74) is 8.03.